The number of hydrogen-bond donors (Lipinski definition) is 2. The van der Waals surface area contributed by atoms with Gasteiger partial charge in [0.25, 0.3) is 5.91 Å². The SMILES string of the molecule is Cc1cc(O)ccc1C(=O)Nc1cc(Br)ccc1Br. The van der Waals surface area contributed by atoms with Crippen molar-refractivity contribution in [1.82, 2.24) is 0 Å². The number of phenols is 1. The summed E-state index contributed by atoms with van der Waals surface area (Å²) in [4.78, 5) is 12.2. The van der Waals surface area contributed by atoms with Crippen LogP contribution in [0.1, 0.15) is 15.9 Å². The molecule has 0 aliphatic carbocycles. The van der Waals surface area contributed by atoms with Gasteiger partial charge in [-0.3, -0.25) is 4.79 Å². The highest BCUT2D eigenvalue weighted by molar-refractivity contribution is 9.11. The lowest BCUT2D eigenvalue weighted by Gasteiger charge is -2.10. The molecule has 19 heavy (non-hydrogen) atoms. The highest BCUT2D eigenvalue weighted by Gasteiger charge is 2.11. The number of anilines is 1. The van der Waals surface area contributed by atoms with Gasteiger partial charge in [-0.25, -0.2) is 0 Å². The highest BCUT2D eigenvalue weighted by atomic mass is 79.9. The molecule has 2 aromatic rings. The van der Waals surface area contributed by atoms with Crippen LogP contribution in [0.25, 0.3) is 0 Å². The second-order valence-electron chi connectivity index (χ2n) is 4.08. The van der Waals surface area contributed by atoms with E-state index >= 15 is 0 Å². The summed E-state index contributed by atoms with van der Waals surface area (Å²) in [7, 11) is 0. The topological polar surface area (TPSA) is 49.3 Å². The van der Waals surface area contributed by atoms with E-state index in [0.29, 0.717) is 11.3 Å². The number of amides is 1. The number of carbonyl (C=O) groups is 1. The number of aromatic hydroxyl groups is 1. The molecular weight excluding hydrogens is 374 g/mol. The molecule has 0 aromatic heterocycles. The van der Waals surface area contributed by atoms with E-state index in [1.54, 1.807) is 19.1 Å². The van der Waals surface area contributed by atoms with Gasteiger partial charge in [0.05, 0.1) is 5.69 Å². The number of carbonyl (C=O) groups excluding carboxylic acids is 1. The normalized spacial score (nSPS) is 10.3. The maximum Gasteiger partial charge on any atom is 0.255 e. The summed E-state index contributed by atoms with van der Waals surface area (Å²) >= 11 is 6.75. The minimum Gasteiger partial charge on any atom is -0.508 e. The minimum atomic E-state index is -0.212. The Morgan fingerprint density at radius 3 is 2.58 bits per heavy atom. The van der Waals surface area contributed by atoms with Crippen LogP contribution in [0.4, 0.5) is 5.69 Å². The van der Waals surface area contributed by atoms with Crippen LogP contribution < -0.4 is 5.32 Å². The minimum absolute atomic E-state index is 0.151. The van der Waals surface area contributed by atoms with E-state index in [9.17, 15) is 9.90 Å². The van der Waals surface area contributed by atoms with E-state index in [1.165, 1.54) is 6.07 Å². The zero-order valence-electron chi connectivity index (χ0n) is 10.1. The Hall–Kier alpha value is -1.33. The molecule has 0 saturated carbocycles. The van der Waals surface area contributed by atoms with Crippen molar-refractivity contribution in [3.8, 4) is 5.75 Å². The number of aryl methyl sites for hydroxylation is 1. The molecule has 0 aliphatic rings. The third-order valence-electron chi connectivity index (χ3n) is 2.63. The van der Waals surface area contributed by atoms with Gasteiger partial charge in [-0.15, -0.1) is 0 Å². The standard InChI is InChI=1S/C14H11Br2NO2/c1-8-6-10(18)3-4-11(8)14(19)17-13-7-9(15)2-5-12(13)16/h2-7,18H,1H3,(H,17,19). The fourth-order valence-electron chi connectivity index (χ4n) is 1.69. The average molecular weight is 385 g/mol. The van der Waals surface area contributed by atoms with Gasteiger partial charge in [-0.05, 0) is 64.8 Å². The molecule has 5 heteroatoms. The van der Waals surface area contributed by atoms with Gasteiger partial charge in [-0.2, -0.15) is 0 Å². The molecule has 0 bridgehead atoms. The summed E-state index contributed by atoms with van der Waals surface area (Å²) in [5.41, 5.74) is 1.94. The fraction of sp³-hybridized carbons (Fsp3) is 0.0714. The number of rotatable bonds is 2. The van der Waals surface area contributed by atoms with Gasteiger partial charge in [0.15, 0.2) is 0 Å². The van der Waals surface area contributed by atoms with Gasteiger partial charge in [0.2, 0.25) is 0 Å². The lowest BCUT2D eigenvalue weighted by molar-refractivity contribution is 0.102. The molecule has 2 N–H and O–H groups in total. The number of benzene rings is 2. The van der Waals surface area contributed by atoms with Crippen molar-refractivity contribution in [1.29, 1.82) is 0 Å². The first-order valence-electron chi connectivity index (χ1n) is 5.53. The predicted octanol–water partition coefficient (Wildman–Crippen LogP) is 4.48. The van der Waals surface area contributed by atoms with E-state index in [0.717, 1.165) is 14.5 Å². The first-order chi connectivity index (χ1) is 8.97. The van der Waals surface area contributed by atoms with Crippen LogP contribution in [0, 0.1) is 6.92 Å². The lowest BCUT2D eigenvalue weighted by atomic mass is 10.1. The van der Waals surface area contributed by atoms with Gasteiger partial charge in [-0.1, -0.05) is 15.9 Å². The fourth-order valence-corrected chi connectivity index (χ4v) is 2.39. The summed E-state index contributed by atoms with van der Waals surface area (Å²) < 4.78 is 1.69. The van der Waals surface area contributed by atoms with Crippen molar-refractivity contribution in [2.45, 2.75) is 6.92 Å². The van der Waals surface area contributed by atoms with Crippen molar-refractivity contribution < 1.29 is 9.90 Å². The van der Waals surface area contributed by atoms with Crippen LogP contribution >= 0.6 is 31.9 Å². The molecular formula is C14H11Br2NO2. The average Bonchev–Trinajstić information content (AvgIpc) is 2.33. The van der Waals surface area contributed by atoms with Gasteiger partial charge in [0.1, 0.15) is 5.75 Å². The monoisotopic (exact) mass is 383 g/mol. The van der Waals surface area contributed by atoms with E-state index in [4.69, 9.17) is 0 Å². The maximum atomic E-state index is 12.2. The van der Waals surface area contributed by atoms with Gasteiger partial charge >= 0.3 is 0 Å². The quantitative estimate of drug-likeness (QED) is 0.801. The zero-order chi connectivity index (χ0) is 14.0. The molecule has 0 heterocycles. The predicted molar refractivity (Wildman–Crippen MR) is 82.6 cm³/mol. The molecule has 3 nitrogen and oxygen atoms in total. The second-order valence-corrected chi connectivity index (χ2v) is 5.85. The molecule has 0 unspecified atom stereocenters. The molecule has 0 fully saturated rings. The summed E-state index contributed by atoms with van der Waals surface area (Å²) in [5.74, 6) is -0.0611. The molecule has 2 rings (SSSR count). The Balaban J connectivity index is 2.28. The van der Waals surface area contributed by atoms with Gasteiger partial charge in [0, 0.05) is 14.5 Å². The van der Waals surface area contributed by atoms with Crippen LogP contribution in [0.2, 0.25) is 0 Å². The first-order valence-corrected chi connectivity index (χ1v) is 7.12. The van der Waals surface area contributed by atoms with Crippen molar-refractivity contribution in [3.05, 3.63) is 56.5 Å². The summed E-state index contributed by atoms with van der Waals surface area (Å²) in [6.45, 7) is 1.78. The van der Waals surface area contributed by atoms with Crippen LogP contribution in [0.3, 0.4) is 0 Å². The number of phenolic OH excluding ortho intramolecular Hbond substituents is 1. The molecule has 1 amide bonds. The molecule has 0 spiro atoms. The van der Waals surface area contributed by atoms with E-state index in [2.05, 4.69) is 37.2 Å². The first kappa shape index (κ1) is 14.1. The number of halogens is 2. The Bertz CT molecular complexity index is 641. The second kappa shape index (κ2) is 5.75. The van der Waals surface area contributed by atoms with E-state index in [-0.39, 0.29) is 11.7 Å². The van der Waals surface area contributed by atoms with Crippen LogP contribution in [0.15, 0.2) is 45.3 Å². The summed E-state index contributed by atoms with van der Waals surface area (Å²) in [6.07, 6.45) is 0. The molecule has 0 aliphatic heterocycles. The van der Waals surface area contributed by atoms with Crippen molar-refractivity contribution in [3.63, 3.8) is 0 Å². The van der Waals surface area contributed by atoms with Crippen molar-refractivity contribution in [2.75, 3.05) is 5.32 Å². The van der Waals surface area contributed by atoms with Crippen LogP contribution in [-0.2, 0) is 0 Å². The van der Waals surface area contributed by atoms with E-state index in [1.807, 2.05) is 18.2 Å². The Morgan fingerprint density at radius 1 is 1.16 bits per heavy atom. The number of nitrogens with one attached hydrogen (secondary N) is 1. The van der Waals surface area contributed by atoms with Crippen LogP contribution in [-0.4, -0.2) is 11.0 Å². The lowest BCUT2D eigenvalue weighted by Crippen LogP contribution is -2.13. The Labute approximate surface area is 127 Å². The maximum absolute atomic E-state index is 12.2. The Kier molecular flexibility index (Phi) is 4.27. The van der Waals surface area contributed by atoms with Crippen LogP contribution in [0.5, 0.6) is 5.75 Å². The van der Waals surface area contributed by atoms with Crippen molar-refractivity contribution >= 4 is 43.5 Å². The molecule has 0 saturated heterocycles. The van der Waals surface area contributed by atoms with Gasteiger partial charge < -0.3 is 10.4 Å². The van der Waals surface area contributed by atoms with Crippen molar-refractivity contribution in [2.24, 2.45) is 0 Å². The molecule has 0 radical (unpaired) electrons. The number of hydrogen-bond acceptors (Lipinski definition) is 2. The molecule has 0 atom stereocenters. The third kappa shape index (κ3) is 3.36. The molecule has 98 valence electrons. The highest BCUT2D eigenvalue weighted by Crippen LogP contribution is 2.27. The van der Waals surface area contributed by atoms with E-state index < -0.39 is 0 Å². The smallest absolute Gasteiger partial charge is 0.255 e. The third-order valence-corrected chi connectivity index (χ3v) is 3.82. The Morgan fingerprint density at radius 2 is 1.89 bits per heavy atom. The molecule has 2 aromatic carbocycles. The zero-order valence-corrected chi connectivity index (χ0v) is 13.2. The summed E-state index contributed by atoms with van der Waals surface area (Å²) in [5, 5.41) is 12.2. The summed E-state index contributed by atoms with van der Waals surface area (Å²) in [6, 6.07) is 10.2. The largest absolute Gasteiger partial charge is 0.508 e.